The Labute approximate surface area is 162 Å². The van der Waals surface area contributed by atoms with Gasteiger partial charge in [0.05, 0.1) is 6.33 Å². The van der Waals surface area contributed by atoms with Gasteiger partial charge in [0.25, 0.3) is 10.0 Å². The second kappa shape index (κ2) is 8.22. The number of halogens is 3. The number of nitrogens with one attached hydrogen (secondary N) is 1. The summed E-state index contributed by atoms with van der Waals surface area (Å²) in [6.07, 6.45) is -2.24. The van der Waals surface area contributed by atoms with Crippen LogP contribution in [0, 0.1) is 0 Å². The van der Waals surface area contributed by atoms with Gasteiger partial charge in [-0.05, 0) is 18.5 Å². The van der Waals surface area contributed by atoms with Crippen LogP contribution >= 0.6 is 0 Å². The van der Waals surface area contributed by atoms with Crippen molar-refractivity contribution in [3.8, 4) is 0 Å². The number of sulfonamides is 1. The highest BCUT2D eigenvalue weighted by Crippen LogP contribution is 2.31. The molecule has 1 aliphatic heterocycles. The first-order valence-electron chi connectivity index (χ1n) is 9.00. The average molecular weight is 416 g/mol. The Kier molecular flexibility index (Phi) is 6.11. The Hall–Kier alpha value is -1.91. The summed E-state index contributed by atoms with van der Waals surface area (Å²) < 4.78 is 65.9. The molecule has 28 heavy (non-hydrogen) atoms. The van der Waals surface area contributed by atoms with Crippen molar-refractivity contribution in [3.05, 3.63) is 48.4 Å². The zero-order valence-electron chi connectivity index (χ0n) is 15.4. The van der Waals surface area contributed by atoms with Crippen LogP contribution in [-0.4, -0.2) is 54.1 Å². The monoisotopic (exact) mass is 416 g/mol. The molecule has 3 rings (SSSR count). The van der Waals surface area contributed by atoms with Gasteiger partial charge in [0, 0.05) is 44.7 Å². The summed E-state index contributed by atoms with van der Waals surface area (Å²) in [4.78, 5) is 3.95. The molecule has 6 nitrogen and oxygen atoms in total. The summed E-state index contributed by atoms with van der Waals surface area (Å²) in [5, 5.41) is 3.10. The molecule has 0 aliphatic carbocycles. The normalized spacial score (nSPS) is 21.3. The minimum absolute atomic E-state index is 0.0282. The van der Waals surface area contributed by atoms with Crippen molar-refractivity contribution in [1.82, 2.24) is 19.2 Å². The van der Waals surface area contributed by atoms with Gasteiger partial charge < -0.3 is 9.88 Å². The first-order chi connectivity index (χ1) is 13.2. The number of aromatic nitrogens is 2. The van der Waals surface area contributed by atoms with Crippen molar-refractivity contribution >= 4 is 10.0 Å². The molecule has 1 saturated heterocycles. The lowest BCUT2D eigenvalue weighted by molar-refractivity contribution is -0.135. The van der Waals surface area contributed by atoms with E-state index in [0.29, 0.717) is 0 Å². The molecular weight excluding hydrogens is 393 g/mol. The molecule has 10 heteroatoms. The quantitative estimate of drug-likeness (QED) is 0.705. The van der Waals surface area contributed by atoms with Crippen LogP contribution < -0.4 is 5.32 Å². The van der Waals surface area contributed by atoms with E-state index >= 15 is 0 Å². The molecule has 0 saturated carbocycles. The number of hydrogen-bond acceptors (Lipinski definition) is 4. The Morgan fingerprint density at radius 1 is 1.21 bits per heavy atom. The highest BCUT2D eigenvalue weighted by Gasteiger charge is 2.40. The Morgan fingerprint density at radius 2 is 1.93 bits per heavy atom. The van der Waals surface area contributed by atoms with E-state index in [1.807, 2.05) is 30.3 Å². The van der Waals surface area contributed by atoms with Crippen molar-refractivity contribution < 1.29 is 21.6 Å². The standard InChI is InChI=1S/C18H23F3N4O2S/c1-24-12-17(23-13-24)28(26,27)25-10-15(14-6-3-2-4-7-14)16(11-25)22-9-5-8-18(19,20)21/h2-4,6-7,12-13,15-16,22H,5,8-11H2,1H3/t15-,16+/m1/s1. The van der Waals surface area contributed by atoms with Crippen LogP contribution in [0.1, 0.15) is 24.3 Å². The van der Waals surface area contributed by atoms with E-state index < -0.39 is 22.6 Å². The summed E-state index contributed by atoms with van der Waals surface area (Å²) in [5.41, 5.74) is 0.953. The summed E-state index contributed by atoms with van der Waals surface area (Å²) in [7, 11) is -2.08. The minimum Gasteiger partial charge on any atom is -0.339 e. The van der Waals surface area contributed by atoms with E-state index in [4.69, 9.17) is 0 Å². The van der Waals surface area contributed by atoms with Crippen molar-refractivity contribution in [2.45, 2.75) is 36.0 Å². The number of rotatable bonds is 7. The Bertz CT molecular complexity index is 884. The maximum absolute atomic E-state index is 12.9. The van der Waals surface area contributed by atoms with Crippen LogP contribution in [0.15, 0.2) is 47.9 Å². The molecular formula is C18H23F3N4O2S. The third-order valence-electron chi connectivity index (χ3n) is 4.84. The molecule has 0 amide bonds. The van der Waals surface area contributed by atoms with E-state index in [-0.39, 0.29) is 43.0 Å². The lowest BCUT2D eigenvalue weighted by Gasteiger charge is -2.20. The molecule has 0 bridgehead atoms. The smallest absolute Gasteiger partial charge is 0.339 e. The van der Waals surface area contributed by atoms with Crippen molar-refractivity contribution in [3.63, 3.8) is 0 Å². The Morgan fingerprint density at radius 3 is 2.54 bits per heavy atom. The molecule has 0 radical (unpaired) electrons. The molecule has 2 atom stereocenters. The average Bonchev–Trinajstić information content (AvgIpc) is 3.26. The van der Waals surface area contributed by atoms with Gasteiger partial charge in [-0.3, -0.25) is 0 Å². The molecule has 1 fully saturated rings. The zero-order chi connectivity index (χ0) is 20.4. The van der Waals surface area contributed by atoms with Gasteiger partial charge in [0.15, 0.2) is 5.03 Å². The highest BCUT2D eigenvalue weighted by atomic mass is 32.2. The first-order valence-corrected chi connectivity index (χ1v) is 10.4. The zero-order valence-corrected chi connectivity index (χ0v) is 16.2. The van der Waals surface area contributed by atoms with Gasteiger partial charge in [-0.2, -0.15) is 17.5 Å². The van der Waals surface area contributed by atoms with Crippen LogP contribution in [0.4, 0.5) is 13.2 Å². The van der Waals surface area contributed by atoms with Crippen LogP contribution in [0.25, 0.3) is 0 Å². The fourth-order valence-corrected chi connectivity index (χ4v) is 4.90. The number of nitrogens with zero attached hydrogens (tertiary/aromatic N) is 3. The lowest BCUT2D eigenvalue weighted by Crippen LogP contribution is -2.37. The van der Waals surface area contributed by atoms with E-state index in [1.54, 1.807) is 11.6 Å². The molecule has 1 aromatic carbocycles. The molecule has 0 spiro atoms. The molecule has 154 valence electrons. The van der Waals surface area contributed by atoms with Gasteiger partial charge in [-0.15, -0.1) is 0 Å². The fourth-order valence-electron chi connectivity index (χ4n) is 3.44. The molecule has 1 aliphatic rings. The number of imidazole rings is 1. The summed E-state index contributed by atoms with van der Waals surface area (Å²) in [6, 6.07) is 9.15. The van der Waals surface area contributed by atoms with Crippen LogP contribution in [0.5, 0.6) is 0 Å². The number of hydrogen-bond donors (Lipinski definition) is 1. The van der Waals surface area contributed by atoms with Crippen molar-refractivity contribution in [2.24, 2.45) is 7.05 Å². The van der Waals surface area contributed by atoms with Crippen molar-refractivity contribution in [2.75, 3.05) is 19.6 Å². The summed E-state index contributed by atoms with van der Waals surface area (Å²) >= 11 is 0. The van der Waals surface area contributed by atoms with Crippen LogP contribution in [-0.2, 0) is 17.1 Å². The minimum atomic E-state index is -4.19. The number of benzene rings is 1. The predicted octanol–water partition coefficient (Wildman–Crippen LogP) is 2.51. The highest BCUT2D eigenvalue weighted by molar-refractivity contribution is 7.89. The topological polar surface area (TPSA) is 67.2 Å². The SMILES string of the molecule is Cn1cnc(S(=O)(=O)N2C[C@H](NCCCC(F)(F)F)[C@@H](c3ccccc3)C2)c1. The Balaban J connectivity index is 1.75. The molecule has 2 heterocycles. The van der Waals surface area contributed by atoms with Gasteiger partial charge in [0.2, 0.25) is 0 Å². The van der Waals surface area contributed by atoms with Crippen LogP contribution in [0.3, 0.4) is 0 Å². The molecule has 0 unspecified atom stereocenters. The summed E-state index contributed by atoms with van der Waals surface area (Å²) in [6.45, 7) is 0.606. The van der Waals surface area contributed by atoms with Crippen LogP contribution in [0.2, 0.25) is 0 Å². The maximum atomic E-state index is 12.9. The molecule has 1 aromatic heterocycles. The van der Waals surface area contributed by atoms with Gasteiger partial charge in [-0.1, -0.05) is 30.3 Å². The largest absolute Gasteiger partial charge is 0.389 e. The van der Waals surface area contributed by atoms with Crippen molar-refractivity contribution in [1.29, 1.82) is 0 Å². The number of alkyl halides is 3. The lowest BCUT2D eigenvalue weighted by atomic mass is 9.94. The predicted molar refractivity (Wildman–Crippen MR) is 98.2 cm³/mol. The van der Waals surface area contributed by atoms with E-state index in [1.165, 1.54) is 16.8 Å². The fraction of sp³-hybridized carbons (Fsp3) is 0.500. The van der Waals surface area contributed by atoms with Gasteiger partial charge in [0.1, 0.15) is 0 Å². The second-order valence-corrected chi connectivity index (χ2v) is 8.88. The first kappa shape index (κ1) is 20.8. The second-order valence-electron chi connectivity index (χ2n) is 7.00. The number of aryl methyl sites for hydroxylation is 1. The third kappa shape index (κ3) is 4.92. The van der Waals surface area contributed by atoms with E-state index in [9.17, 15) is 21.6 Å². The van der Waals surface area contributed by atoms with E-state index in [0.717, 1.165) is 5.56 Å². The summed E-state index contributed by atoms with van der Waals surface area (Å²) in [5.74, 6) is -0.148. The molecule has 1 N–H and O–H groups in total. The third-order valence-corrected chi connectivity index (χ3v) is 6.56. The van der Waals surface area contributed by atoms with E-state index in [2.05, 4.69) is 10.3 Å². The molecule has 2 aromatic rings. The van der Waals surface area contributed by atoms with Gasteiger partial charge >= 0.3 is 6.18 Å². The van der Waals surface area contributed by atoms with Gasteiger partial charge in [-0.25, -0.2) is 13.4 Å². The maximum Gasteiger partial charge on any atom is 0.389 e.